The maximum Gasteiger partial charge on any atom is 0.239 e. The molecule has 7 nitrogen and oxygen atoms in total. The van der Waals surface area contributed by atoms with Crippen LogP contribution in [0.15, 0.2) is 36.4 Å². The van der Waals surface area contributed by atoms with Crippen LogP contribution in [0.4, 0.5) is 0 Å². The number of Topliss-reactive ketones (excluding diaryl/α,β-unsaturated/α-hetero) is 1. The second-order valence-corrected chi connectivity index (χ2v) is 11.4. The number of thioether (sulfide) groups is 1. The van der Waals surface area contributed by atoms with Crippen LogP contribution in [0.25, 0.3) is 0 Å². The largest absolute Gasteiger partial charge is 0.508 e. The SMILES string of the molecule is CC1(CCOc2ccc(CC3SC(=N)NC3=O)cc2)CC(=O)c2cc(O)c(C(C)(C)C)cc2O1. The van der Waals surface area contributed by atoms with E-state index >= 15 is 0 Å². The summed E-state index contributed by atoms with van der Waals surface area (Å²) in [5.74, 6) is 1.14. The second kappa shape index (κ2) is 8.98. The van der Waals surface area contributed by atoms with Gasteiger partial charge in [0, 0.05) is 12.0 Å². The fourth-order valence-electron chi connectivity index (χ4n) is 4.22. The Kier molecular flexibility index (Phi) is 6.38. The molecule has 0 saturated carbocycles. The summed E-state index contributed by atoms with van der Waals surface area (Å²) < 4.78 is 12.2. The highest BCUT2D eigenvalue weighted by atomic mass is 32.2. The monoisotopic (exact) mass is 482 g/mol. The maximum absolute atomic E-state index is 12.8. The molecule has 34 heavy (non-hydrogen) atoms. The van der Waals surface area contributed by atoms with E-state index in [-0.39, 0.29) is 39.7 Å². The van der Waals surface area contributed by atoms with E-state index in [1.807, 2.05) is 52.0 Å². The Hall–Kier alpha value is -3.00. The number of aromatic hydroxyl groups is 1. The van der Waals surface area contributed by atoms with Crippen molar-refractivity contribution in [2.45, 2.75) is 63.2 Å². The lowest BCUT2D eigenvalue weighted by atomic mass is 9.83. The van der Waals surface area contributed by atoms with Crippen molar-refractivity contribution in [3.8, 4) is 17.2 Å². The van der Waals surface area contributed by atoms with Gasteiger partial charge in [-0.2, -0.15) is 0 Å². The third-order valence-electron chi connectivity index (χ3n) is 6.13. The van der Waals surface area contributed by atoms with Crippen molar-refractivity contribution in [2.24, 2.45) is 0 Å². The molecule has 2 heterocycles. The number of amidine groups is 1. The quantitative estimate of drug-likeness (QED) is 0.556. The summed E-state index contributed by atoms with van der Waals surface area (Å²) in [6.07, 6.45) is 1.29. The molecule has 2 atom stereocenters. The molecule has 0 bridgehead atoms. The van der Waals surface area contributed by atoms with Crippen LogP contribution < -0.4 is 14.8 Å². The molecule has 8 heteroatoms. The number of hydrogen-bond donors (Lipinski definition) is 3. The highest BCUT2D eigenvalue weighted by Crippen LogP contribution is 2.41. The highest BCUT2D eigenvalue weighted by molar-refractivity contribution is 8.15. The van der Waals surface area contributed by atoms with Gasteiger partial charge >= 0.3 is 0 Å². The van der Waals surface area contributed by atoms with Gasteiger partial charge in [0.25, 0.3) is 0 Å². The lowest BCUT2D eigenvalue weighted by molar-refractivity contribution is -0.118. The number of phenolic OH excluding ortho intramolecular Hbond substituents is 1. The highest BCUT2D eigenvalue weighted by Gasteiger charge is 2.38. The number of benzene rings is 2. The van der Waals surface area contributed by atoms with Crippen LogP contribution in [-0.4, -0.2) is 39.4 Å². The van der Waals surface area contributed by atoms with E-state index < -0.39 is 5.60 Å². The molecule has 2 aliphatic rings. The normalized spacial score (nSPS) is 22.2. The minimum absolute atomic E-state index is 0.0502. The van der Waals surface area contributed by atoms with Crippen molar-refractivity contribution >= 4 is 28.6 Å². The summed E-state index contributed by atoms with van der Waals surface area (Å²) in [6.45, 7) is 8.30. The van der Waals surface area contributed by atoms with Crippen LogP contribution in [0.3, 0.4) is 0 Å². The number of rotatable bonds is 6. The molecule has 1 fully saturated rings. The fourth-order valence-corrected chi connectivity index (χ4v) is 5.11. The van der Waals surface area contributed by atoms with Crippen molar-refractivity contribution in [1.29, 1.82) is 5.41 Å². The predicted molar refractivity (Wildman–Crippen MR) is 132 cm³/mol. The first kappa shape index (κ1) is 24.1. The van der Waals surface area contributed by atoms with E-state index in [0.29, 0.717) is 36.5 Å². The molecule has 180 valence electrons. The van der Waals surface area contributed by atoms with E-state index in [4.69, 9.17) is 14.9 Å². The molecule has 0 aliphatic carbocycles. The maximum atomic E-state index is 12.8. The van der Waals surface area contributed by atoms with Crippen LogP contribution in [0, 0.1) is 5.41 Å². The first-order valence-electron chi connectivity index (χ1n) is 11.3. The van der Waals surface area contributed by atoms with Crippen LogP contribution >= 0.6 is 11.8 Å². The van der Waals surface area contributed by atoms with Gasteiger partial charge in [0.2, 0.25) is 5.91 Å². The Morgan fingerprint density at radius 2 is 1.94 bits per heavy atom. The summed E-state index contributed by atoms with van der Waals surface area (Å²) in [5, 5.41) is 20.4. The van der Waals surface area contributed by atoms with E-state index in [2.05, 4.69) is 5.32 Å². The predicted octanol–water partition coefficient (Wildman–Crippen LogP) is 4.59. The van der Waals surface area contributed by atoms with Gasteiger partial charge in [-0.25, -0.2) is 0 Å². The number of hydrogen-bond acceptors (Lipinski definition) is 7. The molecule has 4 rings (SSSR count). The molecule has 0 aromatic heterocycles. The number of phenols is 1. The van der Waals surface area contributed by atoms with Gasteiger partial charge in [-0.3, -0.25) is 15.0 Å². The molecule has 0 radical (unpaired) electrons. The Labute approximate surface area is 203 Å². The first-order chi connectivity index (χ1) is 15.9. The van der Waals surface area contributed by atoms with Crippen LogP contribution in [0.2, 0.25) is 0 Å². The van der Waals surface area contributed by atoms with E-state index in [1.54, 1.807) is 6.07 Å². The Bertz CT molecular complexity index is 1140. The number of carbonyl (C=O) groups is 2. The molecule has 2 aliphatic heterocycles. The smallest absolute Gasteiger partial charge is 0.239 e. The number of nitrogens with one attached hydrogen (secondary N) is 2. The van der Waals surface area contributed by atoms with Crippen molar-refractivity contribution in [3.05, 3.63) is 53.1 Å². The van der Waals surface area contributed by atoms with Crippen LogP contribution in [0.1, 0.15) is 62.0 Å². The topological polar surface area (TPSA) is 109 Å². The standard InChI is InChI=1S/C26H30N2O5S/c1-25(2,3)18-13-21-17(12-19(18)29)20(30)14-26(4,33-21)9-10-32-16-7-5-15(6-8-16)11-22-23(31)28-24(27)34-22/h5-8,12-13,22,29H,9-11,14H2,1-4H3,(H2,27,28,31). The minimum atomic E-state index is -0.701. The lowest BCUT2D eigenvalue weighted by Crippen LogP contribution is -2.40. The van der Waals surface area contributed by atoms with E-state index in [0.717, 1.165) is 11.1 Å². The van der Waals surface area contributed by atoms with E-state index in [9.17, 15) is 14.7 Å². The Morgan fingerprint density at radius 1 is 1.24 bits per heavy atom. The van der Waals surface area contributed by atoms with Crippen molar-refractivity contribution in [1.82, 2.24) is 5.32 Å². The number of ether oxygens (including phenoxy) is 2. The Balaban J connectivity index is 1.36. The zero-order valence-corrected chi connectivity index (χ0v) is 20.7. The van der Waals surface area contributed by atoms with Gasteiger partial charge in [0.05, 0.1) is 23.8 Å². The number of amides is 1. The average Bonchev–Trinajstić information content (AvgIpc) is 3.05. The van der Waals surface area contributed by atoms with E-state index in [1.165, 1.54) is 17.8 Å². The number of ketones is 1. The number of fused-ring (bicyclic) bond motifs is 1. The van der Waals surface area contributed by atoms with Gasteiger partial charge in [0.1, 0.15) is 22.8 Å². The first-order valence-corrected chi connectivity index (χ1v) is 12.2. The fraction of sp³-hybridized carbons (Fsp3) is 0.423. The zero-order chi connectivity index (χ0) is 24.7. The zero-order valence-electron chi connectivity index (χ0n) is 19.9. The number of carbonyl (C=O) groups excluding carboxylic acids is 2. The van der Waals surface area contributed by atoms with Gasteiger partial charge in [-0.1, -0.05) is 44.7 Å². The third-order valence-corrected chi connectivity index (χ3v) is 7.13. The van der Waals surface area contributed by atoms with Gasteiger partial charge in [0.15, 0.2) is 11.0 Å². The minimum Gasteiger partial charge on any atom is -0.508 e. The molecule has 0 spiro atoms. The molecule has 2 unspecified atom stereocenters. The van der Waals surface area contributed by atoms with Crippen LogP contribution in [0.5, 0.6) is 17.2 Å². The summed E-state index contributed by atoms with van der Waals surface area (Å²) in [7, 11) is 0. The Morgan fingerprint density at radius 3 is 2.56 bits per heavy atom. The second-order valence-electron chi connectivity index (χ2n) is 10.1. The van der Waals surface area contributed by atoms with Crippen molar-refractivity contribution < 1.29 is 24.2 Å². The van der Waals surface area contributed by atoms with Gasteiger partial charge in [-0.15, -0.1) is 0 Å². The molecular formula is C26H30N2O5S. The van der Waals surface area contributed by atoms with Gasteiger partial charge in [-0.05, 0) is 48.6 Å². The molecule has 1 amide bonds. The lowest BCUT2D eigenvalue weighted by Gasteiger charge is -2.36. The molecule has 2 aromatic rings. The summed E-state index contributed by atoms with van der Waals surface area (Å²) in [6, 6.07) is 10.9. The molecule has 2 aromatic carbocycles. The molecule has 1 saturated heterocycles. The van der Waals surface area contributed by atoms with Gasteiger partial charge < -0.3 is 19.9 Å². The van der Waals surface area contributed by atoms with Crippen molar-refractivity contribution in [3.63, 3.8) is 0 Å². The molecular weight excluding hydrogens is 452 g/mol. The van der Waals surface area contributed by atoms with Crippen LogP contribution in [-0.2, 0) is 16.6 Å². The average molecular weight is 483 g/mol. The summed E-state index contributed by atoms with van der Waals surface area (Å²) in [5.41, 5.74) is 1.18. The summed E-state index contributed by atoms with van der Waals surface area (Å²) in [4.78, 5) is 24.6. The summed E-state index contributed by atoms with van der Waals surface area (Å²) >= 11 is 1.24. The molecule has 3 N–H and O–H groups in total. The van der Waals surface area contributed by atoms with Crippen molar-refractivity contribution in [2.75, 3.05) is 6.61 Å². The third kappa shape index (κ3) is 5.22.